The molecule has 0 spiro atoms. The molecule has 3 aromatic rings. The van der Waals surface area contributed by atoms with E-state index in [1.807, 2.05) is 30.3 Å². The molecule has 1 saturated heterocycles. The third-order valence-corrected chi connectivity index (χ3v) is 4.60. The fraction of sp³-hybridized carbons (Fsp3) is 0.250. The standard InChI is InChI=1S/C20H20FN3/c21-17-8-5-16(6-9-17)20(24-13-11-22-12-14-24)19-10-7-15-3-1-2-4-18(15)23-19/h1-10,20,22H,11-14H2. The molecule has 4 rings (SSSR count). The van der Waals surface area contributed by atoms with Crippen LogP contribution in [-0.4, -0.2) is 36.1 Å². The van der Waals surface area contributed by atoms with Gasteiger partial charge in [0.05, 0.1) is 17.3 Å². The van der Waals surface area contributed by atoms with Crippen molar-refractivity contribution >= 4 is 10.9 Å². The van der Waals surface area contributed by atoms with Gasteiger partial charge in [-0.25, -0.2) is 4.39 Å². The van der Waals surface area contributed by atoms with Gasteiger partial charge in [0, 0.05) is 31.6 Å². The van der Waals surface area contributed by atoms with Gasteiger partial charge in [-0.3, -0.25) is 9.88 Å². The van der Waals surface area contributed by atoms with E-state index in [9.17, 15) is 4.39 Å². The first-order valence-corrected chi connectivity index (χ1v) is 8.37. The number of para-hydroxylation sites is 1. The van der Waals surface area contributed by atoms with Crippen molar-refractivity contribution in [3.05, 3.63) is 77.7 Å². The number of hydrogen-bond acceptors (Lipinski definition) is 3. The minimum atomic E-state index is -0.204. The zero-order valence-electron chi connectivity index (χ0n) is 13.5. The van der Waals surface area contributed by atoms with Crippen LogP contribution in [0.25, 0.3) is 10.9 Å². The molecule has 0 saturated carbocycles. The molecule has 1 fully saturated rings. The molecule has 3 nitrogen and oxygen atoms in total. The zero-order valence-corrected chi connectivity index (χ0v) is 13.5. The molecule has 0 radical (unpaired) electrons. The summed E-state index contributed by atoms with van der Waals surface area (Å²) in [6.45, 7) is 3.84. The normalized spacial score (nSPS) is 17.0. The second-order valence-corrected chi connectivity index (χ2v) is 6.17. The van der Waals surface area contributed by atoms with Crippen molar-refractivity contribution in [2.24, 2.45) is 0 Å². The van der Waals surface area contributed by atoms with E-state index in [-0.39, 0.29) is 11.9 Å². The molecular weight excluding hydrogens is 301 g/mol. The highest BCUT2D eigenvalue weighted by Gasteiger charge is 2.25. The van der Waals surface area contributed by atoms with Gasteiger partial charge in [-0.2, -0.15) is 0 Å². The van der Waals surface area contributed by atoms with Crippen LogP contribution in [0, 0.1) is 5.82 Å². The number of pyridine rings is 1. The van der Waals surface area contributed by atoms with Gasteiger partial charge < -0.3 is 5.32 Å². The summed E-state index contributed by atoms with van der Waals surface area (Å²) in [6.07, 6.45) is 0. The van der Waals surface area contributed by atoms with Crippen molar-refractivity contribution in [1.82, 2.24) is 15.2 Å². The zero-order chi connectivity index (χ0) is 16.4. The number of nitrogens with zero attached hydrogens (tertiary/aromatic N) is 2. The van der Waals surface area contributed by atoms with E-state index in [0.29, 0.717) is 0 Å². The van der Waals surface area contributed by atoms with Gasteiger partial charge in [-0.05, 0) is 29.8 Å². The molecule has 4 heteroatoms. The van der Waals surface area contributed by atoms with E-state index in [1.54, 1.807) is 0 Å². The Bertz CT molecular complexity index is 826. The van der Waals surface area contributed by atoms with Gasteiger partial charge in [0.25, 0.3) is 0 Å². The van der Waals surface area contributed by atoms with E-state index < -0.39 is 0 Å². The highest BCUT2D eigenvalue weighted by molar-refractivity contribution is 5.78. The topological polar surface area (TPSA) is 28.2 Å². The predicted octanol–water partition coefficient (Wildman–Crippen LogP) is 3.37. The summed E-state index contributed by atoms with van der Waals surface area (Å²) in [5, 5.41) is 4.53. The lowest BCUT2D eigenvalue weighted by Crippen LogP contribution is -2.45. The molecule has 1 atom stereocenters. The van der Waals surface area contributed by atoms with Gasteiger partial charge in [0.2, 0.25) is 0 Å². The molecule has 1 N–H and O–H groups in total. The van der Waals surface area contributed by atoms with Gasteiger partial charge in [-0.15, -0.1) is 0 Å². The number of piperazine rings is 1. The first kappa shape index (κ1) is 15.2. The van der Waals surface area contributed by atoms with Crippen LogP contribution in [0.15, 0.2) is 60.7 Å². The molecule has 122 valence electrons. The van der Waals surface area contributed by atoms with Crippen molar-refractivity contribution in [3.8, 4) is 0 Å². The molecule has 1 unspecified atom stereocenters. The van der Waals surface area contributed by atoms with Crippen LogP contribution in [0.3, 0.4) is 0 Å². The van der Waals surface area contributed by atoms with Crippen LogP contribution in [0.2, 0.25) is 0 Å². The number of nitrogens with one attached hydrogen (secondary N) is 1. The van der Waals surface area contributed by atoms with Crippen molar-refractivity contribution in [1.29, 1.82) is 0 Å². The van der Waals surface area contributed by atoms with Gasteiger partial charge >= 0.3 is 0 Å². The van der Waals surface area contributed by atoms with Crippen molar-refractivity contribution in [2.45, 2.75) is 6.04 Å². The average Bonchev–Trinajstić information content (AvgIpc) is 2.64. The van der Waals surface area contributed by atoms with E-state index in [2.05, 4.69) is 28.4 Å². The van der Waals surface area contributed by atoms with Crippen LogP contribution >= 0.6 is 0 Å². The van der Waals surface area contributed by atoms with Crippen LogP contribution in [0.5, 0.6) is 0 Å². The number of hydrogen-bond donors (Lipinski definition) is 1. The fourth-order valence-electron chi connectivity index (χ4n) is 3.39. The maximum atomic E-state index is 13.4. The highest BCUT2D eigenvalue weighted by Crippen LogP contribution is 2.29. The number of aromatic nitrogens is 1. The minimum Gasteiger partial charge on any atom is -0.314 e. The summed E-state index contributed by atoms with van der Waals surface area (Å²) in [5.74, 6) is -0.204. The largest absolute Gasteiger partial charge is 0.314 e. The second-order valence-electron chi connectivity index (χ2n) is 6.17. The van der Waals surface area contributed by atoms with Crippen LogP contribution in [-0.2, 0) is 0 Å². The predicted molar refractivity (Wildman–Crippen MR) is 94.4 cm³/mol. The summed E-state index contributed by atoms with van der Waals surface area (Å²) < 4.78 is 13.4. The molecule has 2 heterocycles. The summed E-state index contributed by atoms with van der Waals surface area (Å²) in [6, 6.07) is 19.2. The van der Waals surface area contributed by atoms with E-state index in [1.165, 1.54) is 12.1 Å². The third-order valence-electron chi connectivity index (χ3n) is 4.60. The summed E-state index contributed by atoms with van der Waals surface area (Å²) in [4.78, 5) is 7.31. The Hall–Kier alpha value is -2.30. The molecule has 24 heavy (non-hydrogen) atoms. The van der Waals surface area contributed by atoms with Crippen LogP contribution < -0.4 is 5.32 Å². The summed E-state index contributed by atoms with van der Waals surface area (Å²) >= 11 is 0. The molecule has 0 aliphatic carbocycles. The van der Waals surface area contributed by atoms with Crippen LogP contribution in [0.4, 0.5) is 4.39 Å². The number of halogens is 1. The molecule has 0 amide bonds. The van der Waals surface area contributed by atoms with Gasteiger partial charge in [0.1, 0.15) is 5.82 Å². The van der Waals surface area contributed by atoms with Gasteiger partial charge in [0.15, 0.2) is 0 Å². The van der Waals surface area contributed by atoms with E-state index in [0.717, 1.165) is 48.3 Å². The van der Waals surface area contributed by atoms with Crippen molar-refractivity contribution < 1.29 is 4.39 Å². The molecule has 2 aromatic carbocycles. The lowest BCUT2D eigenvalue weighted by Gasteiger charge is -2.35. The Labute approximate surface area is 141 Å². The molecule has 1 aliphatic rings. The second kappa shape index (κ2) is 6.67. The minimum absolute atomic E-state index is 0.0531. The molecule has 1 aliphatic heterocycles. The third kappa shape index (κ3) is 3.03. The maximum Gasteiger partial charge on any atom is 0.123 e. The molecule has 0 bridgehead atoms. The Morgan fingerprint density at radius 2 is 1.67 bits per heavy atom. The lowest BCUT2D eigenvalue weighted by atomic mass is 9.99. The van der Waals surface area contributed by atoms with Crippen LogP contribution in [0.1, 0.15) is 17.3 Å². The maximum absolute atomic E-state index is 13.4. The van der Waals surface area contributed by atoms with Crippen molar-refractivity contribution in [3.63, 3.8) is 0 Å². The molecule has 1 aromatic heterocycles. The average molecular weight is 321 g/mol. The number of fused-ring (bicyclic) bond motifs is 1. The quantitative estimate of drug-likeness (QED) is 0.802. The van der Waals surface area contributed by atoms with E-state index in [4.69, 9.17) is 4.98 Å². The Morgan fingerprint density at radius 1 is 0.917 bits per heavy atom. The smallest absolute Gasteiger partial charge is 0.123 e. The Morgan fingerprint density at radius 3 is 2.46 bits per heavy atom. The number of benzene rings is 2. The van der Waals surface area contributed by atoms with Crippen molar-refractivity contribution in [2.75, 3.05) is 26.2 Å². The highest BCUT2D eigenvalue weighted by atomic mass is 19.1. The Kier molecular flexibility index (Phi) is 4.24. The van der Waals surface area contributed by atoms with E-state index >= 15 is 0 Å². The fourth-order valence-corrected chi connectivity index (χ4v) is 3.39. The number of rotatable bonds is 3. The first-order chi connectivity index (χ1) is 11.8. The Balaban J connectivity index is 1.79. The van der Waals surface area contributed by atoms with Gasteiger partial charge in [-0.1, -0.05) is 36.4 Å². The summed E-state index contributed by atoms with van der Waals surface area (Å²) in [5.41, 5.74) is 3.10. The monoisotopic (exact) mass is 321 g/mol. The lowest BCUT2D eigenvalue weighted by molar-refractivity contribution is 0.196. The molecular formula is C20H20FN3. The summed E-state index contributed by atoms with van der Waals surface area (Å²) in [7, 11) is 0. The first-order valence-electron chi connectivity index (χ1n) is 8.37. The SMILES string of the molecule is Fc1ccc(C(c2ccc3ccccc3n2)N2CCNCC2)cc1.